The Labute approximate surface area is 102 Å². The van der Waals surface area contributed by atoms with Crippen LogP contribution in [0, 0.1) is 0 Å². The number of nitrogens with one attached hydrogen (secondary N) is 1. The van der Waals surface area contributed by atoms with Crippen LogP contribution in [0.2, 0.25) is 0 Å². The molecule has 2 nitrogen and oxygen atoms in total. The van der Waals surface area contributed by atoms with Gasteiger partial charge in [-0.3, -0.25) is 0 Å². The van der Waals surface area contributed by atoms with Gasteiger partial charge in [0, 0.05) is 29.7 Å². The van der Waals surface area contributed by atoms with Gasteiger partial charge in [-0.05, 0) is 12.5 Å². The summed E-state index contributed by atoms with van der Waals surface area (Å²) in [5.74, 6) is 2.25. The summed E-state index contributed by atoms with van der Waals surface area (Å²) in [6.07, 6.45) is 1.06. The minimum atomic E-state index is 0.543. The van der Waals surface area contributed by atoms with E-state index in [0.717, 1.165) is 31.9 Å². The van der Waals surface area contributed by atoms with Crippen LogP contribution in [0.25, 0.3) is 0 Å². The molecule has 0 amide bonds. The van der Waals surface area contributed by atoms with Gasteiger partial charge < -0.3 is 10.1 Å². The van der Waals surface area contributed by atoms with Gasteiger partial charge in [0.15, 0.2) is 0 Å². The fourth-order valence-corrected chi connectivity index (χ4v) is 3.01. The summed E-state index contributed by atoms with van der Waals surface area (Å²) in [5, 5.41) is 3.98. The molecule has 2 rings (SSSR count). The van der Waals surface area contributed by atoms with Gasteiger partial charge in [-0.15, -0.1) is 0 Å². The smallest absolute Gasteiger partial charge is 0.123 e. The van der Waals surface area contributed by atoms with Gasteiger partial charge in [-0.1, -0.05) is 25.1 Å². The Kier molecular flexibility index (Phi) is 4.55. The zero-order chi connectivity index (χ0) is 11.2. The van der Waals surface area contributed by atoms with Gasteiger partial charge in [0.1, 0.15) is 5.75 Å². The van der Waals surface area contributed by atoms with Crippen molar-refractivity contribution < 1.29 is 4.74 Å². The van der Waals surface area contributed by atoms with Gasteiger partial charge in [-0.2, -0.15) is 11.8 Å². The van der Waals surface area contributed by atoms with Crippen LogP contribution < -0.4 is 10.1 Å². The molecule has 1 fully saturated rings. The van der Waals surface area contributed by atoms with E-state index < -0.39 is 0 Å². The largest absolute Gasteiger partial charge is 0.493 e. The molecule has 1 N–H and O–H groups in total. The van der Waals surface area contributed by atoms with Gasteiger partial charge in [0.25, 0.3) is 0 Å². The molecule has 0 aromatic heterocycles. The average Bonchev–Trinajstić information content (AvgIpc) is 2.38. The topological polar surface area (TPSA) is 21.3 Å². The summed E-state index contributed by atoms with van der Waals surface area (Å²) in [7, 11) is 0. The lowest BCUT2D eigenvalue weighted by molar-refractivity contribution is 0.313. The Morgan fingerprint density at radius 3 is 3.06 bits per heavy atom. The summed E-state index contributed by atoms with van der Waals surface area (Å²) in [4.78, 5) is 0. The number of hydrogen-bond acceptors (Lipinski definition) is 3. The first-order valence-electron chi connectivity index (χ1n) is 5.96. The van der Waals surface area contributed by atoms with Crippen LogP contribution in [0.1, 0.15) is 24.2 Å². The minimum Gasteiger partial charge on any atom is -0.493 e. The lowest BCUT2D eigenvalue weighted by atomic mass is 10.1. The number of benzene rings is 1. The van der Waals surface area contributed by atoms with Crippen LogP contribution in [-0.2, 0) is 0 Å². The predicted molar refractivity (Wildman–Crippen MR) is 70.3 cm³/mol. The van der Waals surface area contributed by atoms with Crippen molar-refractivity contribution in [2.75, 3.05) is 25.4 Å². The Hall–Kier alpha value is -0.670. The zero-order valence-corrected chi connectivity index (χ0v) is 10.6. The predicted octanol–water partition coefficient (Wildman–Crippen LogP) is 2.85. The van der Waals surface area contributed by atoms with E-state index in [9.17, 15) is 0 Å². The third kappa shape index (κ3) is 2.92. The molecular formula is C13H19NOS. The molecule has 1 atom stereocenters. The van der Waals surface area contributed by atoms with E-state index in [4.69, 9.17) is 4.74 Å². The van der Waals surface area contributed by atoms with Crippen molar-refractivity contribution in [3.8, 4) is 5.75 Å². The summed E-state index contributed by atoms with van der Waals surface area (Å²) >= 11 is 2.02. The molecule has 1 heterocycles. The fraction of sp³-hybridized carbons (Fsp3) is 0.538. The number of rotatable bonds is 4. The van der Waals surface area contributed by atoms with E-state index in [1.54, 1.807) is 0 Å². The highest BCUT2D eigenvalue weighted by molar-refractivity contribution is 7.99. The monoisotopic (exact) mass is 237 g/mol. The minimum absolute atomic E-state index is 0.543. The maximum Gasteiger partial charge on any atom is 0.123 e. The lowest BCUT2D eigenvalue weighted by Crippen LogP contribution is -2.28. The number of ether oxygens (including phenoxy) is 1. The van der Waals surface area contributed by atoms with Crippen LogP contribution >= 0.6 is 11.8 Å². The second kappa shape index (κ2) is 6.16. The molecule has 1 aromatic rings. The maximum absolute atomic E-state index is 5.80. The molecule has 3 heteroatoms. The summed E-state index contributed by atoms with van der Waals surface area (Å²) in [5.41, 5.74) is 1.34. The maximum atomic E-state index is 5.80. The van der Waals surface area contributed by atoms with Crippen molar-refractivity contribution in [3.05, 3.63) is 29.8 Å². The van der Waals surface area contributed by atoms with E-state index in [0.29, 0.717) is 5.25 Å². The molecule has 1 aliphatic rings. The highest BCUT2D eigenvalue weighted by atomic mass is 32.2. The SMILES string of the molecule is CCCOc1ccccc1C1CNCCS1. The van der Waals surface area contributed by atoms with E-state index >= 15 is 0 Å². The molecule has 0 bridgehead atoms. The van der Waals surface area contributed by atoms with Crippen molar-refractivity contribution in [2.24, 2.45) is 0 Å². The number of para-hydroxylation sites is 1. The zero-order valence-electron chi connectivity index (χ0n) is 9.74. The second-order valence-corrected chi connectivity index (χ2v) is 5.26. The van der Waals surface area contributed by atoms with Crippen molar-refractivity contribution in [3.63, 3.8) is 0 Å². The summed E-state index contributed by atoms with van der Waals surface area (Å²) < 4.78 is 5.80. The van der Waals surface area contributed by atoms with Crippen molar-refractivity contribution in [1.29, 1.82) is 0 Å². The quantitative estimate of drug-likeness (QED) is 0.870. The highest BCUT2D eigenvalue weighted by Crippen LogP contribution is 2.35. The third-order valence-electron chi connectivity index (χ3n) is 2.66. The first-order chi connectivity index (χ1) is 7.92. The van der Waals surface area contributed by atoms with Crippen molar-refractivity contribution in [1.82, 2.24) is 5.32 Å². The van der Waals surface area contributed by atoms with Crippen LogP contribution in [-0.4, -0.2) is 25.4 Å². The van der Waals surface area contributed by atoms with E-state index in [1.807, 2.05) is 11.8 Å². The number of hydrogen-bond donors (Lipinski definition) is 1. The molecule has 0 spiro atoms. The molecule has 88 valence electrons. The molecule has 16 heavy (non-hydrogen) atoms. The molecule has 1 saturated heterocycles. The van der Waals surface area contributed by atoms with Crippen LogP contribution in [0.5, 0.6) is 5.75 Å². The van der Waals surface area contributed by atoms with Gasteiger partial charge >= 0.3 is 0 Å². The molecule has 0 radical (unpaired) electrons. The van der Waals surface area contributed by atoms with Gasteiger partial charge in [-0.25, -0.2) is 0 Å². The lowest BCUT2D eigenvalue weighted by Gasteiger charge is -2.24. The number of thioether (sulfide) groups is 1. The Balaban J connectivity index is 2.11. The van der Waals surface area contributed by atoms with E-state index in [-0.39, 0.29) is 0 Å². The summed E-state index contributed by atoms with van der Waals surface area (Å²) in [6, 6.07) is 8.43. The Bertz CT molecular complexity index is 323. The van der Waals surface area contributed by atoms with E-state index in [2.05, 4.69) is 36.5 Å². The van der Waals surface area contributed by atoms with Gasteiger partial charge in [0.05, 0.1) is 6.61 Å². The van der Waals surface area contributed by atoms with Crippen LogP contribution in [0.3, 0.4) is 0 Å². The van der Waals surface area contributed by atoms with Gasteiger partial charge in [0.2, 0.25) is 0 Å². The highest BCUT2D eigenvalue weighted by Gasteiger charge is 2.18. The van der Waals surface area contributed by atoms with E-state index in [1.165, 1.54) is 11.3 Å². The summed E-state index contributed by atoms with van der Waals surface area (Å²) in [6.45, 7) is 5.12. The van der Waals surface area contributed by atoms with Crippen LogP contribution in [0.15, 0.2) is 24.3 Å². The first kappa shape index (κ1) is 11.8. The Morgan fingerprint density at radius 1 is 1.44 bits per heavy atom. The first-order valence-corrected chi connectivity index (χ1v) is 7.00. The van der Waals surface area contributed by atoms with Crippen molar-refractivity contribution in [2.45, 2.75) is 18.6 Å². The van der Waals surface area contributed by atoms with Crippen LogP contribution in [0.4, 0.5) is 0 Å². The molecule has 1 aliphatic heterocycles. The Morgan fingerprint density at radius 2 is 2.31 bits per heavy atom. The molecule has 0 saturated carbocycles. The molecule has 1 unspecified atom stereocenters. The average molecular weight is 237 g/mol. The molecular weight excluding hydrogens is 218 g/mol. The molecule has 1 aromatic carbocycles. The standard InChI is InChI=1S/C13H19NOS/c1-2-8-15-12-6-4-3-5-11(12)13-10-14-7-9-16-13/h3-6,13-14H,2,7-10H2,1H3. The third-order valence-corrected chi connectivity index (χ3v) is 3.92. The normalized spacial score (nSPS) is 20.7. The fourth-order valence-electron chi connectivity index (χ4n) is 1.86. The molecule has 0 aliphatic carbocycles. The van der Waals surface area contributed by atoms with Crippen molar-refractivity contribution >= 4 is 11.8 Å². The second-order valence-electron chi connectivity index (χ2n) is 3.95.